The molecule has 0 atom stereocenters. The lowest BCUT2D eigenvalue weighted by molar-refractivity contribution is 0.0301. The van der Waals surface area contributed by atoms with Crippen LogP contribution in [0.25, 0.3) is 10.4 Å². The van der Waals surface area contributed by atoms with Crippen molar-refractivity contribution < 1.29 is 19.1 Å². The molecular formula is C21H27N3O4S. The van der Waals surface area contributed by atoms with E-state index in [9.17, 15) is 9.59 Å². The van der Waals surface area contributed by atoms with Gasteiger partial charge < -0.3 is 25.0 Å². The van der Waals surface area contributed by atoms with Crippen molar-refractivity contribution in [3.05, 3.63) is 40.3 Å². The lowest BCUT2D eigenvalue weighted by Crippen LogP contribution is -2.40. The maximum Gasteiger partial charge on any atom is 0.259 e. The van der Waals surface area contributed by atoms with Gasteiger partial charge in [0, 0.05) is 24.5 Å². The van der Waals surface area contributed by atoms with Crippen molar-refractivity contribution in [2.75, 3.05) is 54.1 Å². The topological polar surface area (TPSA) is 85.1 Å². The molecule has 0 radical (unpaired) electrons. The van der Waals surface area contributed by atoms with Crippen LogP contribution in [0.3, 0.4) is 0 Å². The van der Waals surface area contributed by atoms with Gasteiger partial charge in [-0.25, -0.2) is 0 Å². The van der Waals surface area contributed by atoms with Crippen LogP contribution in [-0.2, 0) is 11.2 Å². The average molecular weight is 418 g/mol. The number of carbonyl (C=O) groups is 2. The highest BCUT2D eigenvalue weighted by Crippen LogP contribution is 2.35. The summed E-state index contributed by atoms with van der Waals surface area (Å²) in [5.41, 5.74) is 7.95. The predicted molar refractivity (Wildman–Crippen MR) is 114 cm³/mol. The van der Waals surface area contributed by atoms with Crippen molar-refractivity contribution in [1.82, 2.24) is 9.80 Å². The van der Waals surface area contributed by atoms with Gasteiger partial charge in [0.05, 0.1) is 30.8 Å². The van der Waals surface area contributed by atoms with Crippen molar-refractivity contribution in [1.29, 1.82) is 0 Å². The first-order valence-electron chi connectivity index (χ1n) is 9.53. The predicted octanol–water partition coefficient (Wildman–Crippen LogP) is 2.10. The van der Waals surface area contributed by atoms with Crippen LogP contribution in [0.15, 0.2) is 24.3 Å². The maximum absolute atomic E-state index is 12.9. The van der Waals surface area contributed by atoms with Crippen LogP contribution in [0, 0.1) is 0 Å². The molecule has 0 aliphatic carbocycles. The number of hydrogen-bond acceptors (Lipinski definition) is 6. The molecule has 0 spiro atoms. The van der Waals surface area contributed by atoms with Crippen LogP contribution in [0.2, 0.25) is 0 Å². The number of thiophene rings is 1. The first-order chi connectivity index (χ1) is 13.9. The van der Waals surface area contributed by atoms with E-state index in [-0.39, 0.29) is 5.91 Å². The van der Waals surface area contributed by atoms with E-state index in [0.717, 1.165) is 29.0 Å². The van der Waals surface area contributed by atoms with Gasteiger partial charge in [0.15, 0.2) is 0 Å². The number of amides is 2. The summed E-state index contributed by atoms with van der Waals surface area (Å²) in [6.45, 7) is 3.07. The summed E-state index contributed by atoms with van der Waals surface area (Å²) in [7, 11) is 5.54. The molecule has 2 amide bonds. The van der Waals surface area contributed by atoms with Gasteiger partial charge in [0.25, 0.3) is 11.8 Å². The Kier molecular flexibility index (Phi) is 6.89. The number of rotatable bonds is 7. The Balaban J connectivity index is 1.90. The Morgan fingerprint density at radius 2 is 1.97 bits per heavy atom. The molecule has 1 saturated heterocycles. The first-order valence-corrected chi connectivity index (χ1v) is 10.3. The minimum atomic E-state index is -0.416. The van der Waals surface area contributed by atoms with Gasteiger partial charge in [0.1, 0.15) is 5.75 Å². The van der Waals surface area contributed by atoms with Crippen LogP contribution >= 0.6 is 11.3 Å². The summed E-state index contributed by atoms with van der Waals surface area (Å²) in [5.74, 6) is 0.0383. The Morgan fingerprint density at radius 3 is 2.59 bits per heavy atom. The summed E-state index contributed by atoms with van der Waals surface area (Å²) < 4.78 is 10.8. The molecule has 3 rings (SSSR count). The second-order valence-electron chi connectivity index (χ2n) is 7.20. The zero-order chi connectivity index (χ0) is 21.0. The number of ether oxygens (including phenoxy) is 2. The minimum absolute atomic E-state index is 0.0626. The standard InChI is InChI=1S/C21H27N3O4S/c1-23(2)7-6-15-13-18(29-19(15)20(22)25)14-4-5-16(17(12-14)27-3)21(26)24-8-10-28-11-9-24/h4-5,12-13H,6-11H2,1-3H3,(H2,22,25). The highest BCUT2D eigenvalue weighted by Gasteiger charge is 2.23. The molecule has 29 heavy (non-hydrogen) atoms. The lowest BCUT2D eigenvalue weighted by Gasteiger charge is -2.27. The number of benzene rings is 1. The van der Waals surface area contributed by atoms with Gasteiger partial charge in [-0.15, -0.1) is 11.3 Å². The highest BCUT2D eigenvalue weighted by molar-refractivity contribution is 7.17. The van der Waals surface area contributed by atoms with Crippen LogP contribution in [0.5, 0.6) is 5.75 Å². The number of nitrogens with zero attached hydrogens (tertiary/aromatic N) is 2. The monoisotopic (exact) mass is 417 g/mol. The molecule has 0 saturated carbocycles. The van der Waals surface area contributed by atoms with Crippen LogP contribution in [-0.4, -0.2) is 75.7 Å². The molecule has 1 aromatic heterocycles. The van der Waals surface area contributed by atoms with E-state index in [1.54, 1.807) is 18.1 Å². The third kappa shape index (κ3) is 4.95. The molecule has 0 bridgehead atoms. The molecule has 2 aromatic rings. The third-order valence-corrected chi connectivity index (χ3v) is 6.12. The zero-order valence-electron chi connectivity index (χ0n) is 17.1. The maximum atomic E-state index is 12.9. The Hall–Kier alpha value is -2.42. The summed E-state index contributed by atoms with van der Waals surface area (Å²) in [4.78, 5) is 30.1. The van der Waals surface area contributed by atoms with Gasteiger partial charge >= 0.3 is 0 Å². The summed E-state index contributed by atoms with van der Waals surface area (Å²) in [6.07, 6.45) is 0.743. The molecule has 1 fully saturated rings. The van der Waals surface area contributed by atoms with Crippen LogP contribution in [0.4, 0.5) is 0 Å². The number of carbonyl (C=O) groups excluding carboxylic acids is 2. The van der Waals surface area contributed by atoms with Gasteiger partial charge in [-0.05, 0) is 49.8 Å². The molecule has 156 valence electrons. The van der Waals surface area contributed by atoms with E-state index in [2.05, 4.69) is 4.90 Å². The average Bonchev–Trinajstić information content (AvgIpc) is 3.16. The zero-order valence-corrected chi connectivity index (χ0v) is 17.9. The molecule has 2 heterocycles. The van der Waals surface area contributed by atoms with Crippen molar-refractivity contribution >= 4 is 23.2 Å². The fourth-order valence-corrected chi connectivity index (χ4v) is 4.33. The highest BCUT2D eigenvalue weighted by atomic mass is 32.1. The Bertz CT molecular complexity index is 888. The number of hydrogen-bond donors (Lipinski definition) is 1. The molecule has 1 aromatic carbocycles. The quantitative estimate of drug-likeness (QED) is 0.746. The molecule has 1 aliphatic heterocycles. The van der Waals surface area contributed by atoms with E-state index in [0.29, 0.717) is 42.5 Å². The van der Waals surface area contributed by atoms with E-state index < -0.39 is 5.91 Å². The first kappa shape index (κ1) is 21.3. The SMILES string of the molecule is COc1cc(-c2cc(CCN(C)C)c(C(N)=O)s2)ccc1C(=O)N1CCOCC1. The molecule has 1 aliphatic rings. The number of morpholine rings is 1. The Labute approximate surface area is 175 Å². The molecule has 2 N–H and O–H groups in total. The largest absolute Gasteiger partial charge is 0.496 e. The van der Waals surface area contributed by atoms with Crippen molar-refractivity contribution in [3.63, 3.8) is 0 Å². The van der Waals surface area contributed by atoms with E-state index in [1.165, 1.54) is 11.3 Å². The van der Waals surface area contributed by atoms with Gasteiger partial charge in [-0.2, -0.15) is 0 Å². The number of nitrogens with two attached hydrogens (primary N) is 1. The number of methoxy groups -OCH3 is 1. The Morgan fingerprint density at radius 1 is 1.24 bits per heavy atom. The fourth-order valence-electron chi connectivity index (χ4n) is 3.27. The van der Waals surface area contributed by atoms with E-state index in [4.69, 9.17) is 15.2 Å². The molecule has 8 heteroatoms. The van der Waals surface area contributed by atoms with E-state index in [1.807, 2.05) is 32.3 Å². The number of primary amides is 1. The van der Waals surface area contributed by atoms with Gasteiger partial charge in [-0.1, -0.05) is 6.07 Å². The summed E-state index contributed by atoms with van der Waals surface area (Å²) in [6, 6.07) is 7.53. The second kappa shape index (κ2) is 9.39. The lowest BCUT2D eigenvalue weighted by atomic mass is 10.1. The summed E-state index contributed by atoms with van der Waals surface area (Å²) >= 11 is 1.37. The second-order valence-corrected chi connectivity index (χ2v) is 8.25. The molecule has 0 unspecified atom stereocenters. The smallest absolute Gasteiger partial charge is 0.259 e. The summed E-state index contributed by atoms with van der Waals surface area (Å²) in [5, 5.41) is 0. The van der Waals surface area contributed by atoms with Crippen molar-refractivity contribution in [2.45, 2.75) is 6.42 Å². The van der Waals surface area contributed by atoms with Crippen LogP contribution in [0.1, 0.15) is 25.6 Å². The number of likely N-dealkylation sites (N-methyl/N-ethyl adjacent to an activating group) is 1. The van der Waals surface area contributed by atoms with Crippen molar-refractivity contribution in [3.8, 4) is 16.2 Å². The van der Waals surface area contributed by atoms with E-state index >= 15 is 0 Å². The fraction of sp³-hybridized carbons (Fsp3) is 0.429. The molecular weight excluding hydrogens is 390 g/mol. The third-order valence-electron chi connectivity index (χ3n) is 4.88. The van der Waals surface area contributed by atoms with Crippen LogP contribution < -0.4 is 10.5 Å². The van der Waals surface area contributed by atoms with Gasteiger partial charge in [-0.3, -0.25) is 9.59 Å². The van der Waals surface area contributed by atoms with Gasteiger partial charge in [0.2, 0.25) is 0 Å². The molecule has 7 nitrogen and oxygen atoms in total. The minimum Gasteiger partial charge on any atom is -0.496 e. The normalized spacial score (nSPS) is 14.3. The van der Waals surface area contributed by atoms with Crippen molar-refractivity contribution in [2.24, 2.45) is 5.73 Å².